The van der Waals surface area contributed by atoms with Crippen LogP contribution in [0.1, 0.15) is 31.9 Å². The summed E-state index contributed by atoms with van der Waals surface area (Å²) in [7, 11) is 0. The molecule has 0 bridgehead atoms. The van der Waals surface area contributed by atoms with Crippen LogP contribution in [0.4, 0.5) is 0 Å². The number of amides is 2. The van der Waals surface area contributed by atoms with Gasteiger partial charge in [0.05, 0.1) is 6.54 Å². The molecule has 2 unspecified atom stereocenters. The van der Waals surface area contributed by atoms with Gasteiger partial charge in [-0.25, -0.2) is 0 Å². The zero-order chi connectivity index (χ0) is 13.4. The van der Waals surface area contributed by atoms with E-state index in [1.807, 2.05) is 0 Å². The van der Waals surface area contributed by atoms with Crippen LogP contribution < -0.4 is 0 Å². The minimum Gasteiger partial charge on any atom is -0.364 e. The van der Waals surface area contributed by atoms with Crippen LogP contribution in [0.25, 0.3) is 0 Å². The Hall–Kier alpha value is -1.85. The van der Waals surface area contributed by atoms with E-state index in [0.29, 0.717) is 18.8 Å². The third kappa shape index (κ3) is 2.01. The van der Waals surface area contributed by atoms with Gasteiger partial charge in [-0.2, -0.15) is 0 Å². The molecule has 6 nitrogen and oxygen atoms in total. The Morgan fingerprint density at radius 3 is 2.95 bits per heavy atom. The second-order valence-corrected chi connectivity index (χ2v) is 5.18. The van der Waals surface area contributed by atoms with Gasteiger partial charge in [0.1, 0.15) is 24.0 Å². The first kappa shape index (κ1) is 12.2. The number of hydrogen-bond acceptors (Lipinski definition) is 4. The minimum absolute atomic E-state index is 0.0369. The monoisotopic (exact) mass is 263 g/mol. The molecule has 3 rings (SSSR count). The summed E-state index contributed by atoms with van der Waals surface area (Å²) in [5.74, 6) is 0.0857. The average Bonchev–Trinajstić information content (AvgIpc) is 2.94. The van der Waals surface area contributed by atoms with Crippen LogP contribution in [0, 0.1) is 0 Å². The molecule has 1 aromatic rings. The smallest absolute Gasteiger partial charge is 0.246 e. The number of fused-ring (bicyclic) bond motifs is 1. The van der Waals surface area contributed by atoms with E-state index in [1.54, 1.807) is 22.8 Å². The fraction of sp³-hybridized carbons (Fsp3) is 0.615. The Morgan fingerprint density at radius 1 is 1.37 bits per heavy atom. The second kappa shape index (κ2) is 4.68. The number of rotatable bonds is 2. The molecule has 102 valence electrons. The zero-order valence-electron chi connectivity index (χ0n) is 10.9. The highest BCUT2D eigenvalue weighted by molar-refractivity contribution is 5.96. The summed E-state index contributed by atoms with van der Waals surface area (Å²) in [6.45, 7) is 2.83. The molecule has 2 amide bonds. The first-order chi connectivity index (χ1) is 9.18. The van der Waals surface area contributed by atoms with Crippen molar-refractivity contribution in [2.45, 2.75) is 44.8 Å². The molecule has 6 heteroatoms. The molecular weight excluding hydrogens is 246 g/mol. The summed E-state index contributed by atoms with van der Waals surface area (Å²) in [6, 6.07) is 1.03. The Balaban J connectivity index is 1.83. The van der Waals surface area contributed by atoms with Gasteiger partial charge in [-0.15, -0.1) is 0 Å². The molecule has 2 aliphatic heterocycles. The van der Waals surface area contributed by atoms with E-state index in [1.165, 1.54) is 6.26 Å². The number of piperidine rings is 1. The van der Waals surface area contributed by atoms with E-state index in [4.69, 9.17) is 4.52 Å². The lowest BCUT2D eigenvalue weighted by molar-refractivity contribution is -0.163. The highest BCUT2D eigenvalue weighted by Gasteiger charge is 2.44. The van der Waals surface area contributed by atoms with Crippen LogP contribution >= 0.6 is 0 Å². The lowest BCUT2D eigenvalue weighted by Gasteiger charge is -2.45. The van der Waals surface area contributed by atoms with Crippen molar-refractivity contribution in [2.24, 2.45) is 0 Å². The Kier molecular flexibility index (Phi) is 3.00. The number of piperazine rings is 1. The highest BCUT2D eigenvalue weighted by atomic mass is 16.5. The van der Waals surface area contributed by atoms with Crippen LogP contribution in [0.15, 0.2) is 16.9 Å². The normalized spacial score (nSPS) is 27.6. The SMILES string of the molecule is CC1C(=O)N2CCCCC2C(=O)N1Cc1ccon1. The highest BCUT2D eigenvalue weighted by Crippen LogP contribution is 2.27. The van der Waals surface area contributed by atoms with Gasteiger partial charge in [-0.05, 0) is 26.2 Å². The molecule has 2 saturated heterocycles. The maximum Gasteiger partial charge on any atom is 0.246 e. The molecule has 0 spiro atoms. The van der Waals surface area contributed by atoms with Gasteiger partial charge in [0.25, 0.3) is 0 Å². The standard InChI is InChI=1S/C13H17N3O3/c1-9-12(17)15-6-3-2-4-11(15)13(18)16(9)8-10-5-7-19-14-10/h5,7,9,11H,2-4,6,8H2,1H3. The lowest BCUT2D eigenvalue weighted by Crippen LogP contribution is -2.64. The molecule has 2 atom stereocenters. The predicted octanol–water partition coefficient (Wildman–Crippen LogP) is 0.786. The largest absolute Gasteiger partial charge is 0.364 e. The van der Waals surface area contributed by atoms with Crippen molar-refractivity contribution in [3.05, 3.63) is 18.0 Å². The molecule has 0 radical (unpaired) electrons. The van der Waals surface area contributed by atoms with Crippen LogP contribution in [0.3, 0.4) is 0 Å². The summed E-state index contributed by atoms with van der Waals surface area (Å²) in [6.07, 6.45) is 4.24. The molecule has 3 heterocycles. The molecule has 0 aromatic carbocycles. The Labute approximate surface area is 111 Å². The van der Waals surface area contributed by atoms with Gasteiger partial charge < -0.3 is 14.3 Å². The van der Waals surface area contributed by atoms with Gasteiger partial charge in [0.2, 0.25) is 11.8 Å². The molecule has 2 aliphatic rings. The number of carbonyl (C=O) groups excluding carboxylic acids is 2. The van der Waals surface area contributed by atoms with E-state index < -0.39 is 6.04 Å². The molecule has 0 saturated carbocycles. The van der Waals surface area contributed by atoms with E-state index in [0.717, 1.165) is 19.3 Å². The quantitative estimate of drug-likeness (QED) is 0.791. The van der Waals surface area contributed by atoms with Gasteiger partial charge in [-0.3, -0.25) is 9.59 Å². The molecule has 0 N–H and O–H groups in total. The maximum absolute atomic E-state index is 12.5. The van der Waals surface area contributed by atoms with Crippen LogP contribution in [0.5, 0.6) is 0 Å². The van der Waals surface area contributed by atoms with Crippen molar-refractivity contribution in [2.75, 3.05) is 6.54 Å². The molecule has 19 heavy (non-hydrogen) atoms. The number of aromatic nitrogens is 1. The third-order valence-corrected chi connectivity index (χ3v) is 4.00. The molecular formula is C13H17N3O3. The third-order valence-electron chi connectivity index (χ3n) is 4.00. The van der Waals surface area contributed by atoms with Crippen molar-refractivity contribution in [1.29, 1.82) is 0 Å². The van der Waals surface area contributed by atoms with Gasteiger partial charge in [-0.1, -0.05) is 5.16 Å². The molecule has 0 aliphatic carbocycles. The van der Waals surface area contributed by atoms with Crippen molar-refractivity contribution in [3.8, 4) is 0 Å². The Morgan fingerprint density at radius 2 is 2.21 bits per heavy atom. The summed E-state index contributed by atoms with van der Waals surface area (Å²) < 4.78 is 4.78. The fourth-order valence-corrected chi connectivity index (χ4v) is 2.92. The average molecular weight is 263 g/mol. The predicted molar refractivity (Wildman–Crippen MR) is 65.9 cm³/mol. The second-order valence-electron chi connectivity index (χ2n) is 5.18. The fourth-order valence-electron chi connectivity index (χ4n) is 2.92. The lowest BCUT2D eigenvalue weighted by atomic mass is 9.95. The van der Waals surface area contributed by atoms with E-state index >= 15 is 0 Å². The number of carbonyl (C=O) groups is 2. The first-order valence-corrected chi connectivity index (χ1v) is 6.68. The van der Waals surface area contributed by atoms with Gasteiger partial charge in [0, 0.05) is 12.6 Å². The number of hydrogen-bond donors (Lipinski definition) is 0. The van der Waals surface area contributed by atoms with Crippen molar-refractivity contribution in [3.63, 3.8) is 0 Å². The molecule has 1 aromatic heterocycles. The summed E-state index contributed by atoms with van der Waals surface area (Å²) >= 11 is 0. The summed E-state index contributed by atoms with van der Waals surface area (Å²) in [5.41, 5.74) is 0.678. The van der Waals surface area contributed by atoms with Crippen LogP contribution in [0.2, 0.25) is 0 Å². The topological polar surface area (TPSA) is 66.7 Å². The molecule has 2 fully saturated rings. The van der Waals surface area contributed by atoms with Crippen LogP contribution in [-0.4, -0.2) is 45.4 Å². The van der Waals surface area contributed by atoms with Gasteiger partial charge >= 0.3 is 0 Å². The van der Waals surface area contributed by atoms with E-state index in [-0.39, 0.29) is 17.9 Å². The van der Waals surface area contributed by atoms with Crippen LogP contribution in [-0.2, 0) is 16.1 Å². The zero-order valence-corrected chi connectivity index (χ0v) is 10.9. The van der Waals surface area contributed by atoms with E-state index in [9.17, 15) is 9.59 Å². The van der Waals surface area contributed by atoms with Crippen molar-refractivity contribution in [1.82, 2.24) is 15.0 Å². The minimum atomic E-state index is -0.418. The van der Waals surface area contributed by atoms with Gasteiger partial charge in [0.15, 0.2) is 0 Å². The first-order valence-electron chi connectivity index (χ1n) is 6.68. The van der Waals surface area contributed by atoms with Crippen molar-refractivity contribution >= 4 is 11.8 Å². The number of nitrogens with zero attached hydrogens (tertiary/aromatic N) is 3. The Bertz CT molecular complexity index is 485. The van der Waals surface area contributed by atoms with E-state index in [2.05, 4.69) is 5.16 Å². The summed E-state index contributed by atoms with van der Waals surface area (Å²) in [5, 5.41) is 3.81. The summed E-state index contributed by atoms with van der Waals surface area (Å²) in [4.78, 5) is 28.2. The van der Waals surface area contributed by atoms with Crippen molar-refractivity contribution < 1.29 is 14.1 Å². The maximum atomic E-state index is 12.5.